The molecule has 0 unspecified atom stereocenters. The summed E-state index contributed by atoms with van der Waals surface area (Å²) in [6.45, 7) is 0. The standard InChI is InChI=1S/ClH.HI.Li.Na.H/h2*1H;;;/q;;2*+1;-1/p-1. The van der Waals surface area contributed by atoms with Gasteiger partial charge in [-0.3, -0.25) is 0 Å². The summed E-state index contributed by atoms with van der Waals surface area (Å²) in [5.41, 5.74) is 0. The molecule has 4 heavy (non-hydrogen) atoms. The van der Waals surface area contributed by atoms with Crippen LogP contribution >= 0.6 is 12.4 Å². The molecule has 0 amide bonds. The zero-order valence-electron chi connectivity index (χ0n) is 3.79. The van der Waals surface area contributed by atoms with Crippen LogP contribution in [0.2, 0.25) is 0 Å². The molecule has 0 aliphatic carbocycles. The van der Waals surface area contributed by atoms with Gasteiger partial charge in [0, 0.05) is 0 Å². The Labute approximate surface area is 84.9 Å². The first-order valence-corrected chi connectivity index (χ1v) is 0. The maximum absolute atomic E-state index is 0. The fraction of sp³-hybridized carbons (Fsp3) is 0. The summed E-state index contributed by atoms with van der Waals surface area (Å²) >= 11 is 0. The topological polar surface area (TPSA) is 0 Å². The van der Waals surface area contributed by atoms with Crippen LogP contribution in [0.3, 0.4) is 0 Å². The molecule has 0 saturated heterocycles. The third-order valence-electron chi connectivity index (χ3n) is 0. The monoisotopic (exact) mass is 194 g/mol. The van der Waals surface area contributed by atoms with E-state index in [1.165, 1.54) is 0 Å². The summed E-state index contributed by atoms with van der Waals surface area (Å²) in [6.07, 6.45) is 0. The van der Waals surface area contributed by atoms with Crippen LogP contribution in [0, 0.1) is 0 Å². The Morgan fingerprint density at radius 3 is 1.25 bits per heavy atom. The smallest absolute Gasteiger partial charge is 1.00 e. The molecule has 0 aromatic rings. The van der Waals surface area contributed by atoms with Gasteiger partial charge in [-0.05, 0) is 0 Å². The van der Waals surface area contributed by atoms with Gasteiger partial charge in [-0.1, -0.05) is 0 Å². The van der Waals surface area contributed by atoms with Crippen molar-refractivity contribution in [3.8, 4) is 0 Å². The van der Waals surface area contributed by atoms with E-state index in [0.29, 0.717) is 0 Å². The van der Waals surface area contributed by atoms with Crippen molar-refractivity contribution < 1.29 is 73.8 Å². The molecule has 0 heterocycles. The predicted octanol–water partition coefficient (Wildman–Crippen LogP) is -8.45. The molecule has 0 aromatic carbocycles. The van der Waals surface area contributed by atoms with E-state index in [9.17, 15) is 0 Å². The van der Waals surface area contributed by atoms with Crippen LogP contribution in [-0.4, -0.2) is 0 Å². The second-order valence-corrected chi connectivity index (χ2v) is 0. The minimum absolute atomic E-state index is 0. The average Bonchev–Trinajstić information content (AvgIpc) is 0. The minimum Gasteiger partial charge on any atom is -1.00 e. The largest absolute Gasteiger partial charge is 1.00 e. The zero-order chi connectivity index (χ0) is 0. The zero-order valence-corrected chi connectivity index (χ0v) is 7.76. The number of halogens is 2. The molecule has 0 spiro atoms. The number of hydrogen-bond donors (Lipinski definition) is 0. The van der Waals surface area contributed by atoms with E-state index in [0.717, 1.165) is 0 Å². The van der Waals surface area contributed by atoms with Gasteiger partial charge in [0.15, 0.2) is 0 Å². The number of rotatable bonds is 0. The Bertz CT molecular complexity index is 11.6. The first kappa shape index (κ1) is 30.5. The third-order valence-corrected chi connectivity index (χ3v) is 0. The molecular weight excluding hydrogens is 192 g/mol. The van der Waals surface area contributed by atoms with Gasteiger partial charge in [0.1, 0.15) is 0 Å². The molecule has 0 nitrogen and oxygen atoms in total. The van der Waals surface area contributed by atoms with Gasteiger partial charge < -0.3 is 25.4 Å². The van der Waals surface area contributed by atoms with Crippen molar-refractivity contribution in [1.82, 2.24) is 0 Å². The summed E-state index contributed by atoms with van der Waals surface area (Å²) in [4.78, 5) is 0. The maximum Gasteiger partial charge on any atom is 1.00 e. The fourth-order valence-corrected chi connectivity index (χ4v) is 0. The first-order valence-electron chi connectivity index (χ1n) is 0. The summed E-state index contributed by atoms with van der Waals surface area (Å²) in [5, 5.41) is 0. The molecule has 0 N–H and O–H groups in total. The van der Waals surface area contributed by atoms with Crippen molar-refractivity contribution in [2.24, 2.45) is 0 Å². The van der Waals surface area contributed by atoms with Crippen molar-refractivity contribution >= 4 is 12.4 Å². The van der Waals surface area contributed by atoms with Crippen molar-refractivity contribution in [3.05, 3.63) is 0 Å². The van der Waals surface area contributed by atoms with E-state index in [2.05, 4.69) is 0 Å². The Morgan fingerprint density at radius 2 is 1.25 bits per heavy atom. The van der Waals surface area contributed by atoms with Crippen LogP contribution < -0.4 is 72.4 Å². The van der Waals surface area contributed by atoms with Gasteiger partial charge in [0.25, 0.3) is 0 Å². The van der Waals surface area contributed by atoms with Crippen LogP contribution in [0.4, 0.5) is 0 Å². The second-order valence-electron chi connectivity index (χ2n) is 0. The summed E-state index contributed by atoms with van der Waals surface area (Å²) in [7, 11) is 0. The SMILES string of the molecule is Cl.[H-].[I-].[Li+].[Na+]. The molecule has 4 heteroatoms. The molecular formula is H2ClILiNa. The first-order chi connectivity index (χ1) is 0. The quantitative estimate of drug-likeness (QED) is 0.265. The van der Waals surface area contributed by atoms with E-state index < -0.39 is 0 Å². The summed E-state index contributed by atoms with van der Waals surface area (Å²) < 4.78 is 0. The summed E-state index contributed by atoms with van der Waals surface area (Å²) in [6, 6.07) is 0. The Morgan fingerprint density at radius 1 is 1.25 bits per heavy atom. The van der Waals surface area contributed by atoms with E-state index in [4.69, 9.17) is 0 Å². The van der Waals surface area contributed by atoms with Gasteiger partial charge in [-0.25, -0.2) is 0 Å². The van der Waals surface area contributed by atoms with Crippen LogP contribution in [-0.2, 0) is 0 Å². The maximum atomic E-state index is 0. The van der Waals surface area contributed by atoms with Crippen LogP contribution in [0.15, 0.2) is 0 Å². The van der Waals surface area contributed by atoms with Gasteiger partial charge >= 0.3 is 48.4 Å². The van der Waals surface area contributed by atoms with Gasteiger partial charge in [0.05, 0.1) is 0 Å². The van der Waals surface area contributed by atoms with Crippen molar-refractivity contribution in [1.29, 1.82) is 0 Å². The van der Waals surface area contributed by atoms with Gasteiger partial charge in [-0.2, -0.15) is 0 Å². The third kappa shape index (κ3) is 8.82. The molecule has 0 aliphatic heterocycles. The molecule has 0 bridgehead atoms. The molecule has 18 valence electrons. The minimum atomic E-state index is 0. The van der Waals surface area contributed by atoms with Gasteiger partial charge in [0.2, 0.25) is 0 Å². The van der Waals surface area contributed by atoms with E-state index in [-0.39, 0.29) is 86.2 Å². The molecule has 0 atom stereocenters. The van der Waals surface area contributed by atoms with E-state index in [1.807, 2.05) is 0 Å². The molecule has 0 radical (unpaired) electrons. The molecule has 0 aromatic heterocycles. The van der Waals surface area contributed by atoms with Crippen LogP contribution in [0.5, 0.6) is 0 Å². The van der Waals surface area contributed by atoms with E-state index in [1.54, 1.807) is 0 Å². The van der Waals surface area contributed by atoms with E-state index >= 15 is 0 Å². The van der Waals surface area contributed by atoms with Crippen molar-refractivity contribution in [3.63, 3.8) is 0 Å². The summed E-state index contributed by atoms with van der Waals surface area (Å²) in [5.74, 6) is 0. The second kappa shape index (κ2) is 17.5. The van der Waals surface area contributed by atoms with Crippen LogP contribution in [0.25, 0.3) is 0 Å². The molecule has 0 fully saturated rings. The van der Waals surface area contributed by atoms with Crippen molar-refractivity contribution in [2.45, 2.75) is 0 Å². The molecule has 0 rings (SSSR count). The fourth-order valence-electron chi connectivity index (χ4n) is 0. The van der Waals surface area contributed by atoms with Crippen molar-refractivity contribution in [2.75, 3.05) is 0 Å². The molecule has 0 saturated carbocycles. The van der Waals surface area contributed by atoms with Gasteiger partial charge in [-0.15, -0.1) is 12.4 Å². The Balaban J connectivity index is 0. The average molecular weight is 194 g/mol. The Kier molecular flexibility index (Phi) is 133. The number of hydrogen-bond acceptors (Lipinski definition) is 0. The molecule has 0 aliphatic rings. The predicted molar refractivity (Wildman–Crippen MR) is 8.36 cm³/mol. The van der Waals surface area contributed by atoms with Crippen LogP contribution in [0.1, 0.15) is 1.43 Å². The normalized spacial score (nSPS) is 0. The Hall–Kier alpha value is 2.62.